The quantitative estimate of drug-likeness (QED) is 0.754. The van der Waals surface area contributed by atoms with Crippen LogP contribution in [0, 0.1) is 6.92 Å². The molecule has 3 aromatic carbocycles. The fourth-order valence-corrected chi connectivity index (χ4v) is 3.77. The number of hydrogen-bond donors (Lipinski definition) is 2. The highest BCUT2D eigenvalue weighted by atomic mass is 16.5. The molecule has 4 nitrogen and oxygen atoms in total. The number of ether oxygens (including phenoxy) is 1. The zero-order valence-corrected chi connectivity index (χ0v) is 14.6. The molecule has 1 aliphatic rings. The average Bonchev–Trinajstić information content (AvgIpc) is 2.97. The Morgan fingerprint density at radius 2 is 1.54 bits per heavy atom. The zero-order chi connectivity index (χ0) is 18.3. The van der Waals surface area contributed by atoms with E-state index in [1.54, 1.807) is 31.4 Å². The lowest BCUT2D eigenvalue weighted by atomic mass is 9.70. The average molecular weight is 345 g/mol. The summed E-state index contributed by atoms with van der Waals surface area (Å²) < 4.78 is 5.27. The Kier molecular flexibility index (Phi) is 3.69. The number of carbonyl (C=O) groups excluding carboxylic acids is 1. The largest absolute Gasteiger partial charge is 0.508 e. The van der Waals surface area contributed by atoms with E-state index in [1.165, 1.54) is 0 Å². The first-order valence-electron chi connectivity index (χ1n) is 8.43. The highest BCUT2D eigenvalue weighted by Gasteiger charge is 2.50. The van der Waals surface area contributed by atoms with Crippen LogP contribution < -0.4 is 10.1 Å². The molecule has 130 valence electrons. The van der Waals surface area contributed by atoms with Crippen LogP contribution in [0.15, 0.2) is 66.7 Å². The monoisotopic (exact) mass is 345 g/mol. The summed E-state index contributed by atoms with van der Waals surface area (Å²) in [7, 11) is 1.62. The van der Waals surface area contributed by atoms with Crippen LogP contribution in [0.5, 0.6) is 11.5 Å². The summed E-state index contributed by atoms with van der Waals surface area (Å²) in [6.45, 7) is 1.99. The third-order valence-corrected chi connectivity index (χ3v) is 5.08. The lowest BCUT2D eigenvalue weighted by Crippen LogP contribution is -2.36. The summed E-state index contributed by atoms with van der Waals surface area (Å²) in [5, 5.41) is 12.8. The first-order valence-corrected chi connectivity index (χ1v) is 8.43. The number of nitrogens with one attached hydrogen (secondary N) is 1. The highest BCUT2D eigenvalue weighted by molar-refractivity contribution is 6.12. The second-order valence-electron chi connectivity index (χ2n) is 6.48. The van der Waals surface area contributed by atoms with Gasteiger partial charge in [-0.3, -0.25) is 4.79 Å². The zero-order valence-electron chi connectivity index (χ0n) is 14.6. The number of aromatic hydroxyl groups is 1. The van der Waals surface area contributed by atoms with Gasteiger partial charge in [0.1, 0.15) is 16.9 Å². The molecule has 4 heteroatoms. The first-order chi connectivity index (χ1) is 12.6. The number of methoxy groups -OCH3 is 1. The number of anilines is 1. The summed E-state index contributed by atoms with van der Waals surface area (Å²) in [6, 6.07) is 20.3. The van der Waals surface area contributed by atoms with Crippen molar-refractivity contribution in [3.05, 3.63) is 89.0 Å². The normalized spacial score (nSPS) is 18.3. The van der Waals surface area contributed by atoms with Crippen LogP contribution in [0.25, 0.3) is 0 Å². The third-order valence-electron chi connectivity index (χ3n) is 5.08. The predicted octanol–water partition coefficient (Wildman–Crippen LogP) is 4.00. The molecule has 0 radical (unpaired) electrons. The topological polar surface area (TPSA) is 58.6 Å². The molecule has 2 N–H and O–H groups in total. The summed E-state index contributed by atoms with van der Waals surface area (Å²) in [5.41, 5.74) is 3.47. The first kappa shape index (κ1) is 16.2. The van der Waals surface area contributed by atoms with Crippen molar-refractivity contribution in [1.29, 1.82) is 0 Å². The molecule has 1 aliphatic heterocycles. The number of phenols is 1. The number of aryl methyl sites for hydroxylation is 1. The van der Waals surface area contributed by atoms with Gasteiger partial charge in [-0.05, 0) is 47.9 Å². The number of carbonyl (C=O) groups is 1. The Bertz CT molecular complexity index is 977. The van der Waals surface area contributed by atoms with Crippen LogP contribution in [0.4, 0.5) is 5.69 Å². The molecule has 4 rings (SSSR count). The molecule has 3 aromatic rings. The third kappa shape index (κ3) is 2.19. The van der Waals surface area contributed by atoms with Gasteiger partial charge < -0.3 is 15.2 Å². The van der Waals surface area contributed by atoms with E-state index in [0.29, 0.717) is 0 Å². The van der Waals surface area contributed by atoms with Crippen molar-refractivity contribution in [3.63, 3.8) is 0 Å². The van der Waals surface area contributed by atoms with Crippen molar-refractivity contribution in [2.45, 2.75) is 12.3 Å². The SMILES string of the molecule is COc1ccc([C@]2(c3ccc(O)cc3)C(=O)Nc3c(C)cccc32)cc1. The van der Waals surface area contributed by atoms with Crippen molar-refractivity contribution >= 4 is 11.6 Å². The minimum atomic E-state index is -0.971. The van der Waals surface area contributed by atoms with E-state index in [-0.39, 0.29) is 11.7 Å². The number of amides is 1. The molecule has 0 bridgehead atoms. The van der Waals surface area contributed by atoms with E-state index in [2.05, 4.69) is 5.32 Å². The minimum Gasteiger partial charge on any atom is -0.508 e. The van der Waals surface area contributed by atoms with Gasteiger partial charge in [-0.1, -0.05) is 42.5 Å². The molecule has 0 spiro atoms. The Morgan fingerprint density at radius 1 is 0.923 bits per heavy atom. The van der Waals surface area contributed by atoms with Crippen LogP contribution in [0.3, 0.4) is 0 Å². The maximum atomic E-state index is 13.3. The van der Waals surface area contributed by atoms with E-state index < -0.39 is 5.41 Å². The molecule has 0 saturated heterocycles. The molecule has 0 fully saturated rings. The maximum Gasteiger partial charge on any atom is 0.244 e. The smallest absolute Gasteiger partial charge is 0.244 e. The lowest BCUT2D eigenvalue weighted by molar-refractivity contribution is -0.118. The van der Waals surface area contributed by atoms with E-state index in [0.717, 1.165) is 33.7 Å². The molecule has 1 amide bonds. The van der Waals surface area contributed by atoms with Gasteiger partial charge in [0.05, 0.1) is 7.11 Å². The van der Waals surface area contributed by atoms with Crippen molar-refractivity contribution < 1.29 is 14.6 Å². The molecule has 1 atom stereocenters. The molecular weight excluding hydrogens is 326 g/mol. The summed E-state index contributed by atoms with van der Waals surface area (Å²) in [5.74, 6) is 0.802. The Labute approximate surface area is 152 Å². The molecule has 0 aromatic heterocycles. The fraction of sp³-hybridized carbons (Fsp3) is 0.136. The van der Waals surface area contributed by atoms with Crippen LogP contribution >= 0.6 is 0 Å². The van der Waals surface area contributed by atoms with Gasteiger partial charge in [-0.25, -0.2) is 0 Å². The molecule has 0 saturated carbocycles. The molecule has 0 unspecified atom stereocenters. The highest BCUT2D eigenvalue weighted by Crippen LogP contribution is 2.49. The van der Waals surface area contributed by atoms with Gasteiger partial charge in [-0.15, -0.1) is 0 Å². The number of rotatable bonds is 3. The van der Waals surface area contributed by atoms with Crippen molar-refractivity contribution in [3.8, 4) is 11.5 Å². The fourth-order valence-electron chi connectivity index (χ4n) is 3.77. The second kappa shape index (κ2) is 5.92. The van der Waals surface area contributed by atoms with Gasteiger partial charge in [0.15, 0.2) is 0 Å². The number of benzene rings is 3. The molecule has 1 heterocycles. The molecule has 26 heavy (non-hydrogen) atoms. The Hall–Kier alpha value is -3.27. The molecular formula is C22H19NO3. The van der Waals surface area contributed by atoms with Crippen LogP contribution in [0.1, 0.15) is 22.3 Å². The number of phenolic OH excluding ortho intramolecular Hbond substituents is 1. The van der Waals surface area contributed by atoms with E-state index in [1.807, 2.05) is 49.4 Å². The van der Waals surface area contributed by atoms with Gasteiger partial charge in [-0.2, -0.15) is 0 Å². The van der Waals surface area contributed by atoms with E-state index in [9.17, 15) is 9.90 Å². The van der Waals surface area contributed by atoms with E-state index >= 15 is 0 Å². The van der Waals surface area contributed by atoms with Gasteiger partial charge >= 0.3 is 0 Å². The maximum absolute atomic E-state index is 13.3. The predicted molar refractivity (Wildman–Crippen MR) is 101 cm³/mol. The van der Waals surface area contributed by atoms with Crippen molar-refractivity contribution in [1.82, 2.24) is 0 Å². The Balaban J connectivity index is 2.04. The standard InChI is InChI=1S/C22H19NO3/c1-14-4-3-5-19-20(14)23-21(25)22(19,15-6-10-17(24)11-7-15)16-8-12-18(26-2)13-9-16/h3-13,24H,1-2H3,(H,23,25)/t22-/m0/s1. The Morgan fingerprint density at radius 3 is 2.15 bits per heavy atom. The number of hydrogen-bond acceptors (Lipinski definition) is 3. The van der Waals surface area contributed by atoms with E-state index in [4.69, 9.17) is 4.74 Å². The number of para-hydroxylation sites is 1. The second-order valence-corrected chi connectivity index (χ2v) is 6.48. The number of fused-ring (bicyclic) bond motifs is 1. The summed E-state index contributed by atoms with van der Waals surface area (Å²) in [6.07, 6.45) is 0. The van der Waals surface area contributed by atoms with Crippen LogP contribution in [0.2, 0.25) is 0 Å². The molecule has 0 aliphatic carbocycles. The van der Waals surface area contributed by atoms with Crippen molar-refractivity contribution in [2.75, 3.05) is 12.4 Å². The lowest BCUT2D eigenvalue weighted by Gasteiger charge is -2.29. The summed E-state index contributed by atoms with van der Waals surface area (Å²) >= 11 is 0. The van der Waals surface area contributed by atoms with Crippen LogP contribution in [-0.4, -0.2) is 18.1 Å². The van der Waals surface area contributed by atoms with Crippen molar-refractivity contribution in [2.24, 2.45) is 0 Å². The van der Waals surface area contributed by atoms with Crippen LogP contribution in [-0.2, 0) is 10.2 Å². The van der Waals surface area contributed by atoms with Gasteiger partial charge in [0, 0.05) is 11.3 Å². The minimum absolute atomic E-state index is 0.0994. The van der Waals surface area contributed by atoms with Gasteiger partial charge in [0.25, 0.3) is 0 Å². The summed E-state index contributed by atoms with van der Waals surface area (Å²) in [4.78, 5) is 13.3. The van der Waals surface area contributed by atoms with Gasteiger partial charge in [0.2, 0.25) is 5.91 Å².